The summed E-state index contributed by atoms with van der Waals surface area (Å²) >= 11 is 0. The third-order valence-electron chi connectivity index (χ3n) is 8.01. The van der Waals surface area contributed by atoms with Gasteiger partial charge in [0.25, 0.3) is 5.91 Å². The van der Waals surface area contributed by atoms with Crippen LogP contribution in [0.3, 0.4) is 0 Å². The molecule has 1 aliphatic heterocycles. The number of hydrogen-bond acceptors (Lipinski definition) is 10. The van der Waals surface area contributed by atoms with E-state index in [9.17, 15) is 10.3 Å². The van der Waals surface area contributed by atoms with E-state index >= 15 is 0 Å². The third kappa shape index (κ3) is 8.04. The van der Waals surface area contributed by atoms with Gasteiger partial charge in [0.05, 0.1) is 27.9 Å². The molecule has 4 aromatic carbocycles. The van der Waals surface area contributed by atoms with Crippen LogP contribution in [0.5, 0.6) is 23.0 Å². The highest BCUT2D eigenvalue weighted by atomic mass is 16.5. The number of carbonyl (C=O) groups is 1. The van der Waals surface area contributed by atoms with Crippen LogP contribution < -0.4 is 29.8 Å². The molecule has 0 radical (unpaired) electrons. The van der Waals surface area contributed by atoms with Gasteiger partial charge in [-0.3, -0.25) is 10.2 Å². The van der Waals surface area contributed by atoms with Crippen molar-refractivity contribution in [3.8, 4) is 23.0 Å². The van der Waals surface area contributed by atoms with E-state index in [4.69, 9.17) is 33.8 Å². The quantitative estimate of drug-likeness (QED) is 0.0447. The summed E-state index contributed by atoms with van der Waals surface area (Å²) in [5.41, 5.74) is 16.6. The number of aliphatic hydroxyl groups excluding tert-OH is 1. The minimum atomic E-state index is -1.59. The predicted molar refractivity (Wildman–Crippen MR) is 183 cm³/mol. The van der Waals surface area contributed by atoms with Gasteiger partial charge < -0.3 is 28.8 Å². The number of azide groups is 1. The molecule has 0 aliphatic carbocycles. The lowest BCUT2D eigenvalue weighted by atomic mass is 9.81. The molecule has 254 valence electrons. The van der Waals surface area contributed by atoms with Crippen LogP contribution in [0.1, 0.15) is 34.8 Å². The Kier molecular flexibility index (Phi) is 11.6. The number of aliphatic imine (C=N–C) groups is 1. The largest absolute Gasteiger partial charge is 0.497 e. The monoisotopic (exact) mass is 666 g/mol. The first-order valence-corrected chi connectivity index (χ1v) is 15.6. The molecule has 5 rings (SSSR count). The first-order valence-electron chi connectivity index (χ1n) is 15.6. The zero-order valence-electron chi connectivity index (χ0n) is 27.5. The Labute approximate surface area is 284 Å². The number of nitrogens with one attached hydrogen (secondary N) is 2. The minimum Gasteiger partial charge on any atom is -0.497 e. The standard InChI is InChI=1S/C36H38N6O7/c1-45-29-10-6-9-25(20-29)33-36(22-26-8-4-5-11-31(26)40-42-37,35(44)41-38-23-27-14-17-30(46-2)21-32(27)47-3)39-34(49-33)24-12-15-28(16-13-24)48-19-7-18-43/h4-6,8-17,20-21,33,38,43H,7,18-19,22-23H2,1-3H3,(H,41,44)/t33-,36-/m0/s1. The number of ether oxygens (including phenoxy) is 5. The number of aliphatic hydroxyl groups is 1. The van der Waals surface area contributed by atoms with Crippen molar-refractivity contribution in [3.05, 3.63) is 124 Å². The number of rotatable bonds is 16. The van der Waals surface area contributed by atoms with Gasteiger partial charge in [0.15, 0.2) is 11.6 Å². The lowest BCUT2D eigenvalue weighted by Crippen LogP contribution is -2.53. The van der Waals surface area contributed by atoms with Crippen molar-refractivity contribution in [3.63, 3.8) is 0 Å². The van der Waals surface area contributed by atoms with Crippen molar-refractivity contribution >= 4 is 17.5 Å². The van der Waals surface area contributed by atoms with E-state index in [0.717, 1.165) is 5.56 Å². The van der Waals surface area contributed by atoms with Crippen molar-refractivity contribution in [1.29, 1.82) is 0 Å². The van der Waals surface area contributed by atoms with Gasteiger partial charge in [0.1, 0.15) is 23.0 Å². The van der Waals surface area contributed by atoms with Crippen molar-refractivity contribution < 1.29 is 33.6 Å². The van der Waals surface area contributed by atoms with Gasteiger partial charge in [0.2, 0.25) is 5.90 Å². The summed E-state index contributed by atoms with van der Waals surface area (Å²) in [5.74, 6) is 2.17. The zero-order chi connectivity index (χ0) is 34.6. The Morgan fingerprint density at radius 3 is 2.43 bits per heavy atom. The van der Waals surface area contributed by atoms with Gasteiger partial charge in [-0.25, -0.2) is 10.4 Å². The lowest BCUT2D eigenvalue weighted by Gasteiger charge is -2.31. The maximum atomic E-state index is 14.6. The van der Waals surface area contributed by atoms with Crippen molar-refractivity contribution in [2.75, 3.05) is 34.5 Å². The van der Waals surface area contributed by atoms with E-state index < -0.39 is 17.6 Å². The van der Waals surface area contributed by atoms with Crippen LogP contribution in [0.2, 0.25) is 0 Å². The highest BCUT2D eigenvalue weighted by molar-refractivity contribution is 6.01. The van der Waals surface area contributed by atoms with Gasteiger partial charge in [-0.15, -0.1) is 0 Å². The second kappa shape index (κ2) is 16.4. The fraction of sp³-hybridized carbons (Fsp3) is 0.278. The Bertz CT molecular complexity index is 1830. The van der Waals surface area contributed by atoms with E-state index in [-0.39, 0.29) is 25.5 Å². The van der Waals surface area contributed by atoms with E-state index in [0.29, 0.717) is 58.4 Å². The average Bonchev–Trinajstić information content (AvgIpc) is 3.53. The lowest BCUT2D eigenvalue weighted by molar-refractivity contribution is -0.130. The SMILES string of the molecule is COc1cccc([C@@H]2OC(c3ccc(OCCCO)cc3)=N[C@]2(Cc2ccccc2N=[N+]=[N-])C(=O)NNCc2ccc(OC)cc2OC)c1. The predicted octanol–water partition coefficient (Wildman–Crippen LogP) is 5.74. The van der Waals surface area contributed by atoms with E-state index in [1.807, 2.05) is 24.3 Å². The van der Waals surface area contributed by atoms with Gasteiger partial charge in [0, 0.05) is 53.8 Å². The van der Waals surface area contributed by atoms with Crippen LogP contribution in [-0.2, 0) is 22.5 Å². The molecule has 0 saturated heterocycles. The Balaban J connectivity index is 1.56. The van der Waals surface area contributed by atoms with Gasteiger partial charge >= 0.3 is 0 Å². The first-order chi connectivity index (χ1) is 23.9. The molecule has 0 spiro atoms. The molecule has 13 heteroatoms. The third-order valence-corrected chi connectivity index (χ3v) is 8.01. The molecule has 2 atom stereocenters. The fourth-order valence-electron chi connectivity index (χ4n) is 5.51. The van der Waals surface area contributed by atoms with Crippen LogP contribution in [0.25, 0.3) is 10.4 Å². The molecular weight excluding hydrogens is 628 g/mol. The first kappa shape index (κ1) is 34.6. The van der Waals surface area contributed by atoms with Crippen LogP contribution in [0.4, 0.5) is 5.69 Å². The smallest absolute Gasteiger partial charge is 0.266 e. The molecule has 0 unspecified atom stereocenters. The minimum absolute atomic E-state index is 0.0231. The highest BCUT2D eigenvalue weighted by Gasteiger charge is 2.53. The van der Waals surface area contributed by atoms with Gasteiger partial charge in [-0.2, -0.15) is 0 Å². The molecule has 3 N–H and O–H groups in total. The molecule has 1 aliphatic rings. The number of amides is 1. The summed E-state index contributed by atoms with van der Waals surface area (Å²) in [6.45, 7) is 0.627. The van der Waals surface area contributed by atoms with Gasteiger partial charge in [-0.05, 0) is 59.1 Å². The normalized spacial score (nSPS) is 16.5. The summed E-state index contributed by atoms with van der Waals surface area (Å²) in [7, 11) is 4.70. The molecule has 1 amide bonds. The number of methoxy groups -OCH3 is 3. The van der Waals surface area contributed by atoms with Crippen LogP contribution in [0, 0.1) is 0 Å². The number of carbonyl (C=O) groups excluding carboxylic acids is 1. The Hall–Kier alpha value is -5.75. The number of hydrogen-bond donors (Lipinski definition) is 3. The molecule has 0 fully saturated rings. The summed E-state index contributed by atoms with van der Waals surface area (Å²) in [5, 5.41) is 13.0. The zero-order valence-corrected chi connectivity index (χ0v) is 27.5. The molecule has 49 heavy (non-hydrogen) atoms. The van der Waals surface area contributed by atoms with Crippen LogP contribution >= 0.6 is 0 Å². The van der Waals surface area contributed by atoms with Crippen LogP contribution in [-0.4, -0.2) is 57.0 Å². The number of benzene rings is 4. The Morgan fingerprint density at radius 1 is 0.939 bits per heavy atom. The molecule has 0 bridgehead atoms. The van der Waals surface area contributed by atoms with Crippen molar-refractivity contribution in [2.45, 2.75) is 31.0 Å². The van der Waals surface area contributed by atoms with E-state index in [1.54, 1.807) is 88.1 Å². The number of nitrogens with zero attached hydrogens (tertiary/aromatic N) is 4. The Morgan fingerprint density at radius 2 is 1.69 bits per heavy atom. The second-order valence-electron chi connectivity index (χ2n) is 11.0. The topological polar surface area (TPSA) is 169 Å². The van der Waals surface area contributed by atoms with Crippen LogP contribution in [0.15, 0.2) is 101 Å². The van der Waals surface area contributed by atoms with Crippen molar-refractivity contribution in [1.82, 2.24) is 10.9 Å². The summed E-state index contributed by atoms with van der Waals surface area (Å²) in [4.78, 5) is 22.7. The molecular formula is C36H38N6O7. The molecule has 4 aromatic rings. The summed E-state index contributed by atoms with van der Waals surface area (Å²) in [6, 6.07) is 26.9. The molecule has 0 saturated carbocycles. The second-order valence-corrected chi connectivity index (χ2v) is 11.0. The highest BCUT2D eigenvalue weighted by Crippen LogP contribution is 2.44. The summed E-state index contributed by atoms with van der Waals surface area (Å²) in [6.07, 6.45) is -0.391. The van der Waals surface area contributed by atoms with E-state index in [1.165, 1.54) is 0 Å². The molecule has 13 nitrogen and oxygen atoms in total. The van der Waals surface area contributed by atoms with Crippen molar-refractivity contribution in [2.24, 2.45) is 10.1 Å². The molecule has 1 heterocycles. The maximum Gasteiger partial charge on any atom is 0.266 e. The number of hydrazine groups is 1. The van der Waals surface area contributed by atoms with Gasteiger partial charge in [-0.1, -0.05) is 47.6 Å². The molecule has 0 aromatic heterocycles. The summed E-state index contributed by atoms with van der Waals surface area (Å²) < 4.78 is 28.7. The average molecular weight is 667 g/mol. The van der Waals surface area contributed by atoms with E-state index in [2.05, 4.69) is 20.9 Å². The fourth-order valence-corrected chi connectivity index (χ4v) is 5.51. The maximum absolute atomic E-state index is 14.6.